The number of rotatable bonds is 11. The summed E-state index contributed by atoms with van der Waals surface area (Å²) >= 11 is 0. The van der Waals surface area contributed by atoms with Crippen LogP contribution in [0.3, 0.4) is 0 Å². The zero-order valence-corrected chi connectivity index (χ0v) is 27.3. The molecule has 242 valence electrons. The summed E-state index contributed by atoms with van der Waals surface area (Å²) in [4.78, 5) is 25.7. The number of hydrogen-bond acceptors (Lipinski definition) is 5. The fourth-order valence-corrected chi connectivity index (χ4v) is 7.98. The molecular formula is C42H33NO5S. The molecule has 0 spiro atoms. The first kappa shape index (κ1) is 31.8. The number of carboxylic acid groups (broad SMARTS) is 1. The number of anilines is 1. The van der Waals surface area contributed by atoms with Crippen molar-refractivity contribution in [2.75, 3.05) is 5.32 Å². The predicted octanol–water partition coefficient (Wildman–Crippen LogP) is 9.25. The zero-order chi connectivity index (χ0) is 34.0. The maximum Gasteiger partial charge on any atom is 0.307 e. The van der Waals surface area contributed by atoms with Crippen LogP contribution in [0, 0.1) is 5.92 Å². The van der Waals surface area contributed by atoms with Gasteiger partial charge in [-0.3, -0.25) is 9.59 Å². The van der Waals surface area contributed by atoms with Crippen LogP contribution in [0.2, 0.25) is 0 Å². The number of sulfone groups is 1. The summed E-state index contributed by atoms with van der Waals surface area (Å²) in [6, 6.07) is 46.4. The van der Waals surface area contributed by atoms with E-state index in [-0.39, 0.29) is 23.5 Å². The maximum absolute atomic E-state index is 14.6. The Labute approximate surface area is 284 Å². The maximum atomic E-state index is 14.6. The van der Waals surface area contributed by atoms with Crippen LogP contribution < -0.4 is 5.32 Å². The van der Waals surface area contributed by atoms with E-state index in [1.807, 2.05) is 109 Å². The molecule has 0 saturated heterocycles. The fraction of sp³-hybridized carbons (Fsp3) is 0.0952. The van der Waals surface area contributed by atoms with Gasteiger partial charge < -0.3 is 10.4 Å². The number of Topliss-reactive ketones (excluding diaryl/α,β-unsaturated/α-hetero) is 1. The van der Waals surface area contributed by atoms with Crippen molar-refractivity contribution in [1.29, 1.82) is 0 Å². The minimum Gasteiger partial charge on any atom is -0.481 e. The third-order valence-corrected chi connectivity index (χ3v) is 10.9. The third kappa shape index (κ3) is 6.80. The number of aliphatic carboxylic acids is 1. The zero-order valence-electron chi connectivity index (χ0n) is 26.5. The van der Waals surface area contributed by atoms with Crippen molar-refractivity contribution in [2.45, 2.75) is 23.1 Å². The normalized spacial score (nSPS) is 12.9. The van der Waals surface area contributed by atoms with Crippen LogP contribution in [-0.4, -0.2) is 25.3 Å². The molecular weight excluding hydrogens is 631 g/mol. The second kappa shape index (κ2) is 13.4. The quantitative estimate of drug-likeness (QED) is 0.106. The molecule has 0 fully saturated rings. The summed E-state index contributed by atoms with van der Waals surface area (Å²) in [7, 11) is -4.04. The van der Waals surface area contributed by atoms with E-state index in [0.717, 1.165) is 37.9 Å². The highest BCUT2D eigenvalue weighted by atomic mass is 32.2. The van der Waals surface area contributed by atoms with Crippen LogP contribution in [0.1, 0.15) is 33.3 Å². The lowest BCUT2D eigenvalue weighted by Crippen LogP contribution is -2.22. The summed E-state index contributed by atoms with van der Waals surface area (Å²) in [6.45, 7) is 0. The van der Waals surface area contributed by atoms with Crippen molar-refractivity contribution < 1.29 is 23.1 Å². The van der Waals surface area contributed by atoms with Crippen LogP contribution >= 0.6 is 0 Å². The van der Waals surface area contributed by atoms with Gasteiger partial charge in [0.15, 0.2) is 11.2 Å². The van der Waals surface area contributed by atoms with Gasteiger partial charge in [0.25, 0.3) is 0 Å². The summed E-state index contributed by atoms with van der Waals surface area (Å²) in [5.41, 5.74) is 2.11. The van der Waals surface area contributed by atoms with Gasteiger partial charge in [-0.25, -0.2) is 8.42 Å². The Kier molecular flexibility index (Phi) is 8.68. The molecule has 2 unspecified atom stereocenters. The van der Waals surface area contributed by atoms with Crippen LogP contribution in [0.4, 0.5) is 5.69 Å². The number of fused-ring (bicyclic) bond motifs is 3. The number of nitrogens with one attached hydrogen (secondary N) is 1. The summed E-state index contributed by atoms with van der Waals surface area (Å²) in [6.07, 6.45) is 0.0372. The largest absolute Gasteiger partial charge is 0.481 e. The number of carboxylic acids is 1. The van der Waals surface area contributed by atoms with Gasteiger partial charge in [0.05, 0.1) is 10.8 Å². The third-order valence-electron chi connectivity index (χ3n) is 8.98. The van der Waals surface area contributed by atoms with Crippen molar-refractivity contribution in [3.63, 3.8) is 0 Å². The van der Waals surface area contributed by atoms with Crippen LogP contribution in [0.5, 0.6) is 0 Å². The number of carbonyl (C=O) groups is 2. The van der Waals surface area contributed by atoms with Crippen LogP contribution in [0.15, 0.2) is 157 Å². The highest BCUT2D eigenvalue weighted by Gasteiger charge is 2.30. The summed E-state index contributed by atoms with van der Waals surface area (Å²) < 4.78 is 29.2. The average molecular weight is 664 g/mol. The van der Waals surface area contributed by atoms with E-state index in [9.17, 15) is 23.1 Å². The molecule has 0 bridgehead atoms. The summed E-state index contributed by atoms with van der Waals surface area (Å²) in [5.74, 6) is -2.28. The van der Waals surface area contributed by atoms with E-state index in [0.29, 0.717) is 16.8 Å². The standard InChI is InChI=1S/C42H33NO5S/c44-40(27-37(42(45)46)21-28-9-2-1-3-10-28)34-15-8-16-38(25-34)43-41(35-18-17-29-11-4-5-12-30(29)23-35)49(47,48)39-20-19-33-22-31-13-6-7-14-32(31)24-36(33)26-39/h1-20,22-26,37,41,43H,21,27H2,(H,45,46). The molecule has 49 heavy (non-hydrogen) atoms. The Morgan fingerprint density at radius 1 is 0.592 bits per heavy atom. The lowest BCUT2D eigenvalue weighted by Gasteiger charge is -2.22. The molecule has 6 nitrogen and oxygen atoms in total. The molecule has 7 rings (SSSR count). The number of benzene rings is 7. The highest BCUT2D eigenvalue weighted by molar-refractivity contribution is 7.91. The molecule has 7 aromatic carbocycles. The Morgan fingerprint density at radius 2 is 1.20 bits per heavy atom. The monoisotopic (exact) mass is 663 g/mol. The molecule has 0 aromatic heterocycles. The van der Waals surface area contributed by atoms with Gasteiger partial charge in [-0.1, -0.05) is 109 Å². The minimum absolute atomic E-state index is 0.165. The molecule has 0 heterocycles. The van der Waals surface area contributed by atoms with Gasteiger partial charge in [0.2, 0.25) is 9.84 Å². The fourth-order valence-electron chi connectivity index (χ4n) is 6.36. The Morgan fingerprint density at radius 3 is 1.92 bits per heavy atom. The first-order valence-electron chi connectivity index (χ1n) is 16.1. The predicted molar refractivity (Wildman–Crippen MR) is 196 cm³/mol. The van der Waals surface area contributed by atoms with E-state index in [2.05, 4.69) is 11.4 Å². The molecule has 0 saturated carbocycles. The van der Waals surface area contributed by atoms with E-state index in [4.69, 9.17) is 0 Å². The summed E-state index contributed by atoms with van der Waals surface area (Å²) in [5, 5.41) is 17.7. The van der Waals surface area contributed by atoms with Gasteiger partial charge in [-0.15, -0.1) is 0 Å². The van der Waals surface area contributed by atoms with Gasteiger partial charge in [0.1, 0.15) is 0 Å². The minimum atomic E-state index is -4.04. The Balaban J connectivity index is 1.24. The molecule has 0 aliphatic carbocycles. The van der Waals surface area contributed by atoms with E-state index < -0.39 is 27.1 Å². The van der Waals surface area contributed by atoms with Crippen LogP contribution in [-0.2, 0) is 21.1 Å². The number of carbonyl (C=O) groups excluding carboxylic acids is 1. The van der Waals surface area contributed by atoms with Gasteiger partial charge in [-0.2, -0.15) is 0 Å². The topological polar surface area (TPSA) is 101 Å². The van der Waals surface area contributed by atoms with Crippen molar-refractivity contribution in [3.8, 4) is 0 Å². The lowest BCUT2D eigenvalue weighted by molar-refractivity contribution is -0.141. The molecule has 2 N–H and O–H groups in total. The Hall–Kier alpha value is -5.79. The average Bonchev–Trinajstić information content (AvgIpc) is 3.12. The van der Waals surface area contributed by atoms with Gasteiger partial charge in [0, 0.05) is 17.7 Å². The van der Waals surface area contributed by atoms with Crippen molar-refractivity contribution >= 4 is 59.6 Å². The van der Waals surface area contributed by atoms with Gasteiger partial charge >= 0.3 is 5.97 Å². The van der Waals surface area contributed by atoms with Crippen molar-refractivity contribution in [1.82, 2.24) is 0 Å². The molecule has 0 radical (unpaired) electrons. The molecule has 0 amide bonds. The lowest BCUT2D eigenvalue weighted by atomic mass is 9.92. The first-order chi connectivity index (χ1) is 23.7. The molecule has 0 aliphatic heterocycles. The van der Waals surface area contributed by atoms with Crippen molar-refractivity contribution in [2.24, 2.45) is 5.92 Å². The molecule has 0 aliphatic rings. The van der Waals surface area contributed by atoms with E-state index >= 15 is 0 Å². The molecule has 7 aromatic rings. The second-order valence-electron chi connectivity index (χ2n) is 12.3. The van der Waals surface area contributed by atoms with Crippen LogP contribution in [0.25, 0.3) is 32.3 Å². The first-order valence-corrected chi connectivity index (χ1v) is 17.6. The highest BCUT2D eigenvalue weighted by Crippen LogP contribution is 2.35. The second-order valence-corrected chi connectivity index (χ2v) is 14.4. The number of hydrogen-bond donors (Lipinski definition) is 2. The number of ketones is 1. The van der Waals surface area contributed by atoms with Gasteiger partial charge in [-0.05, 0) is 92.3 Å². The smallest absolute Gasteiger partial charge is 0.307 e. The Bertz CT molecular complexity index is 2460. The molecule has 7 heteroatoms. The SMILES string of the molecule is O=C(CC(Cc1ccccc1)C(=O)O)c1cccc(NC(c2ccc3ccccc3c2)S(=O)(=O)c2ccc3cc4ccccc4cc3c2)c1. The van der Waals surface area contributed by atoms with E-state index in [1.54, 1.807) is 36.4 Å². The van der Waals surface area contributed by atoms with Crippen molar-refractivity contribution in [3.05, 3.63) is 168 Å². The molecule has 2 atom stereocenters. The van der Waals surface area contributed by atoms with E-state index in [1.165, 1.54) is 0 Å².